The van der Waals surface area contributed by atoms with Crippen LogP contribution in [0.1, 0.15) is 5.89 Å². The number of fused-ring (bicyclic) bond motifs is 1. The van der Waals surface area contributed by atoms with Gasteiger partial charge in [0.2, 0.25) is 5.89 Å². The summed E-state index contributed by atoms with van der Waals surface area (Å²) in [7, 11) is 0. The number of carbonyl (C=O) groups is 1. The molecule has 0 saturated heterocycles. The third-order valence-electron chi connectivity index (χ3n) is 2.94. The molecule has 1 aromatic heterocycles. The average Bonchev–Trinajstić information content (AvgIpc) is 2.90. The minimum atomic E-state index is 0.245. The fourth-order valence-electron chi connectivity index (χ4n) is 1.91. The summed E-state index contributed by atoms with van der Waals surface area (Å²) in [6, 6.07) is 12.7. The first kappa shape index (κ1) is 14.8. The van der Waals surface area contributed by atoms with Gasteiger partial charge in [0.05, 0.1) is 5.57 Å². The van der Waals surface area contributed by atoms with Gasteiger partial charge in [0.15, 0.2) is 11.9 Å². The number of halogens is 2. The van der Waals surface area contributed by atoms with Crippen molar-refractivity contribution in [2.75, 3.05) is 5.32 Å². The van der Waals surface area contributed by atoms with Gasteiger partial charge in [-0.15, -0.1) is 0 Å². The number of rotatable bonds is 4. The smallest absolute Gasteiger partial charge is 0.232 e. The molecule has 6 heteroatoms. The lowest BCUT2D eigenvalue weighted by atomic mass is 10.3. The van der Waals surface area contributed by atoms with E-state index in [2.05, 4.69) is 26.2 Å². The van der Waals surface area contributed by atoms with Crippen LogP contribution < -0.4 is 5.32 Å². The molecule has 3 aromatic rings. The van der Waals surface area contributed by atoms with Crippen molar-refractivity contribution < 1.29 is 9.21 Å². The average molecular weight is 378 g/mol. The molecule has 0 fully saturated rings. The van der Waals surface area contributed by atoms with Crippen LogP contribution in [0.5, 0.6) is 0 Å². The molecule has 22 heavy (non-hydrogen) atoms. The van der Waals surface area contributed by atoms with Crippen molar-refractivity contribution in [1.29, 1.82) is 0 Å². The Hall–Kier alpha value is -2.11. The predicted octanol–water partition coefficient (Wildman–Crippen LogP) is 4.90. The highest BCUT2D eigenvalue weighted by molar-refractivity contribution is 9.10. The van der Waals surface area contributed by atoms with E-state index in [0.29, 0.717) is 28.0 Å². The van der Waals surface area contributed by atoms with Gasteiger partial charge in [-0.05, 0) is 36.4 Å². The molecule has 0 saturated carbocycles. The summed E-state index contributed by atoms with van der Waals surface area (Å²) in [6.07, 6.45) is 2.25. The van der Waals surface area contributed by atoms with Crippen LogP contribution in [0.4, 0.5) is 5.69 Å². The van der Waals surface area contributed by atoms with Crippen LogP contribution in [-0.2, 0) is 4.79 Å². The van der Waals surface area contributed by atoms with E-state index in [4.69, 9.17) is 16.0 Å². The van der Waals surface area contributed by atoms with E-state index < -0.39 is 0 Å². The van der Waals surface area contributed by atoms with Gasteiger partial charge in [-0.3, -0.25) is 4.79 Å². The zero-order valence-electron chi connectivity index (χ0n) is 11.2. The van der Waals surface area contributed by atoms with Gasteiger partial charge in [-0.1, -0.05) is 33.6 Å². The van der Waals surface area contributed by atoms with E-state index in [1.54, 1.807) is 24.4 Å². The lowest BCUT2D eigenvalue weighted by Crippen LogP contribution is -1.93. The molecule has 0 radical (unpaired) electrons. The predicted molar refractivity (Wildman–Crippen MR) is 90.8 cm³/mol. The molecular formula is C16H10BrClN2O2. The van der Waals surface area contributed by atoms with Gasteiger partial charge in [0, 0.05) is 21.4 Å². The summed E-state index contributed by atoms with van der Waals surface area (Å²) in [5, 5.41) is 3.61. The maximum atomic E-state index is 11.3. The highest BCUT2D eigenvalue weighted by Crippen LogP contribution is 2.23. The van der Waals surface area contributed by atoms with Crippen molar-refractivity contribution in [1.82, 2.24) is 4.98 Å². The van der Waals surface area contributed by atoms with Gasteiger partial charge in [-0.25, -0.2) is 4.98 Å². The molecule has 0 atom stereocenters. The highest BCUT2D eigenvalue weighted by atomic mass is 79.9. The van der Waals surface area contributed by atoms with Crippen LogP contribution in [0.3, 0.4) is 0 Å². The number of carbonyl (C=O) groups excluding carboxylic acids is 1. The SMILES string of the molecule is O=CC(=CNc1cccc(Br)c1)c1nc2cc(Cl)ccc2o1. The maximum absolute atomic E-state index is 11.3. The Labute approximate surface area is 139 Å². The van der Waals surface area contributed by atoms with E-state index in [1.807, 2.05) is 24.3 Å². The van der Waals surface area contributed by atoms with Gasteiger partial charge in [0.25, 0.3) is 0 Å². The molecule has 0 unspecified atom stereocenters. The third kappa shape index (κ3) is 3.21. The standard InChI is InChI=1S/C16H10BrClN2O2/c17-11-2-1-3-13(6-11)19-8-10(9-21)16-20-14-7-12(18)4-5-15(14)22-16/h1-9,19H. The Morgan fingerprint density at radius 1 is 1.27 bits per heavy atom. The van der Waals surface area contributed by atoms with Gasteiger partial charge in [-0.2, -0.15) is 0 Å². The number of aldehydes is 1. The lowest BCUT2D eigenvalue weighted by Gasteiger charge is -2.01. The third-order valence-corrected chi connectivity index (χ3v) is 3.67. The Morgan fingerprint density at radius 2 is 2.14 bits per heavy atom. The Kier molecular flexibility index (Phi) is 4.27. The van der Waals surface area contributed by atoms with Crippen molar-refractivity contribution in [2.24, 2.45) is 0 Å². The monoisotopic (exact) mass is 376 g/mol. The van der Waals surface area contributed by atoms with Crippen LogP contribution in [0, 0.1) is 0 Å². The van der Waals surface area contributed by atoms with Crippen LogP contribution in [-0.4, -0.2) is 11.3 Å². The fourth-order valence-corrected chi connectivity index (χ4v) is 2.48. The van der Waals surface area contributed by atoms with Crippen LogP contribution in [0.25, 0.3) is 16.7 Å². The molecule has 110 valence electrons. The number of benzene rings is 2. The number of nitrogens with one attached hydrogen (secondary N) is 1. The molecular weight excluding hydrogens is 368 g/mol. The number of nitrogens with zero attached hydrogens (tertiary/aromatic N) is 1. The van der Waals surface area contributed by atoms with Gasteiger partial charge >= 0.3 is 0 Å². The minimum Gasteiger partial charge on any atom is -0.436 e. The van der Waals surface area contributed by atoms with Crippen molar-refractivity contribution >= 4 is 56.2 Å². The maximum Gasteiger partial charge on any atom is 0.232 e. The van der Waals surface area contributed by atoms with Gasteiger partial charge in [0.1, 0.15) is 5.52 Å². The number of oxazole rings is 1. The molecule has 0 aliphatic heterocycles. The molecule has 0 spiro atoms. The van der Waals surface area contributed by atoms with E-state index in [9.17, 15) is 4.79 Å². The first-order valence-corrected chi connectivity index (χ1v) is 7.57. The zero-order chi connectivity index (χ0) is 15.5. The summed E-state index contributed by atoms with van der Waals surface area (Å²) in [6.45, 7) is 0. The van der Waals surface area contributed by atoms with E-state index >= 15 is 0 Å². The number of aromatic nitrogens is 1. The topological polar surface area (TPSA) is 55.1 Å². The lowest BCUT2D eigenvalue weighted by molar-refractivity contribution is -0.103. The molecule has 1 heterocycles. The summed E-state index contributed by atoms with van der Waals surface area (Å²) in [5.41, 5.74) is 2.34. The summed E-state index contributed by atoms with van der Waals surface area (Å²) in [5.74, 6) is 0.245. The number of hydrogen-bond acceptors (Lipinski definition) is 4. The number of anilines is 1. The Bertz CT molecular complexity index is 873. The number of hydrogen-bond donors (Lipinski definition) is 1. The van der Waals surface area contributed by atoms with Gasteiger partial charge < -0.3 is 9.73 Å². The molecule has 1 N–H and O–H groups in total. The molecule has 3 rings (SSSR count). The Balaban J connectivity index is 1.91. The second-order valence-electron chi connectivity index (χ2n) is 4.50. The van der Waals surface area contributed by atoms with Crippen LogP contribution in [0.2, 0.25) is 5.02 Å². The highest BCUT2D eigenvalue weighted by Gasteiger charge is 2.10. The summed E-state index contributed by atoms with van der Waals surface area (Å²) >= 11 is 9.30. The van der Waals surface area contributed by atoms with Crippen molar-refractivity contribution in [3.05, 3.63) is 64.1 Å². The van der Waals surface area contributed by atoms with Crippen molar-refractivity contribution in [2.45, 2.75) is 0 Å². The summed E-state index contributed by atoms with van der Waals surface area (Å²) < 4.78 is 6.51. The van der Waals surface area contributed by atoms with Crippen LogP contribution >= 0.6 is 27.5 Å². The molecule has 0 aliphatic rings. The zero-order valence-corrected chi connectivity index (χ0v) is 13.6. The molecule has 0 bridgehead atoms. The molecule has 0 aliphatic carbocycles. The normalized spacial score (nSPS) is 11.6. The second kappa shape index (κ2) is 6.34. The van der Waals surface area contributed by atoms with Crippen LogP contribution in [0.15, 0.2) is 57.6 Å². The second-order valence-corrected chi connectivity index (χ2v) is 5.86. The number of allylic oxidation sites excluding steroid dienone is 1. The minimum absolute atomic E-state index is 0.245. The molecule has 2 aromatic carbocycles. The van der Waals surface area contributed by atoms with Crippen molar-refractivity contribution in [3.8, 4) is 0 Å². The largest absolute Gasteiger partial charge is 0.436 e. The van der Waals surface area contributed by atoms with E-state index in [0.717, 1.165) is 10.2 Å². The van der Waals surface area contributed by atoms with Crippen molar-refractivity contribution in [3.63, 3.8) is 0 Å². The Morgan fingerprint density at radius 3 is 2.91 bits per heavy atom. The van der Waals surface area contributed by atoms with E-state index in [1.165, 1.54) is 0 Å². The fraction of sp³-hybridized carbons (Fsp3) is 0. The first-order chi connectivity index (χ1) is 10.7. The van der Waals surface area contributed by atoms with E-state index in [-0.39, 0.29) is 5.89 Å². The quantitative estimate of drug-likeness (QED) is 0.519. The first-order valence-electron chi connectivity index (χ1n) is 6.39. The molecule has 0 amide bonds. The molecule has 4 nitrogen and oxygen atoms in total. The summed E-state index contributed by atoms with van der Waals surface area (Å²) in [4.78, 5) is 15.6.